The Bertz CT molecular complexity index is 418. The van der Waals surface area contributed by atoms with Gasteiger partial charge < -0.3 is 5.73 Å². The zero-order valence-electron chi connectivity index (χ0n) is 10.3. The average molecular weight is 267 g/mol. The fourth-order valence-electron chi connectivity index (χ4n) is 2.17. The van der Waals surface area contributed by atoms with Crippen LogP contribution in [-0.4, -0.2) is 34.5 Å². The highest BCUT2D eigenvalue weighted by Crippen LogP contribution is 2.23. The van der Waals surface area contributed by atoms with E-state index in [1.165, 1.54) is 6.54 Å². The van der Waals surface area contributed by atoms with Crippen LogP contribution < -0.4 is 5.73 Å². The van der Waals surface area contributed by atoms with E-state index in [4.69, 9.17) is 10.6 Å². The van der Waals surface area contributed by atoms with Crippen molar-refractivity contribution in [1.82, 2.24) is 5.06 Å². The number of carbonyl (C=O) groups is 4. The molecule has 0 aromatic heterocycles. The lowest BCUT2D eigenvalue weighted by atomic mass is 9.99. The van der Waals surface area contributed by atoms with Gasteiger partial charge in [0, 0.05) is 38.1 Å². The summed E-state index contributed by atoms with van der Waals surface area (Å²) in [4.78, 5) is 51.6. The molecule has 0 bridgehead atoms. The van der Waals surface area contributed by atoms with E-state index in [0.29, 0.717) is 5.06 Å². The Kier molecular flexibility index (Phi) is 4.06. The highest BCUT2D eigenvalue weighted by molar-refractivity contribution is 6.01. The van der Waals surface area contributed by atoms with Crippen molar-refractivity contribution >= 4 is 23.4 Å². The van der Waals surface area contributed by atoms with Gasteiger partial charge >= 0.3 is 0 Å². The Morgan fingerprint density at radius 1 is 1.05 bits per heavy atom. The van der Waals surface area contributed by atoms with Gasteiger partial charge in [-0.05, 0) is 6.42 Å². The zero-order valence-corrected chi connectivity index (χ0v) is 10.3. The largest absolute Gasteiger partial charge is 0.326 e. The molecule has 1 saturated carbocycles. The molecule has 7 heteroatoms. The molecule has 1 aliphatic carbocycles. The summed E-state index contributed by atoms with van der Waals surface area (Å²) in [6.07, 6.45) is -0.476. The minimum Gasteiger partial charge on any atom is -0.326 e. The highest BCUT2D eigenvalue weighted by atomic mass is 16.7. The Labute approximate surface area is 110 Å². The van der Waals surface area contributed by atoms with Crippen molar-refractivity contribution in [3.8, 4) is 0 Å². The molecule has 7 nitrogen and oxygen atoms in total. The van der Waals surface area contributed by atoms with Gasteiger partial charge in [-0.15, -0.1) is 0 Å². The second-order valence-electron chi connectivity index (χ2n) is 4.65. The maximum absolute atomic E-state index is 11.9. The number of nitrogens with two attached hydrogens (primary N) is 1. The molecule has 1 aliphatic heterocycles. The third kappa shape index (κ3) is 2.87. The fourth-order valence-corrected chi connectivity index (χ4v) is 2.17. The van der Waals surface area contributed by atoms with Crippen LogP contribution in [0.5, 0.6) is 0 Å². The number of ketones is 2. The van der Waals surface area contributed by atoms with Crippen LogP contribution in [0.15, 0.2) is 0 Å². The standard InChI is InChI=1S/C12H15N2O5/c13-6-7-5-9(16)10(2-1-8(7)15)19-14-11(17)3-4-12(14)18/h6-7,10H,1-5,13H2. The number of carbonyl (C=O) groups excluding carboxylic acids is 4. The molecule has 0 aromatic rings. The summed E-state index contributed by atoms with van der Waals surface area (Å²) in [5, 5.41) is 0.652. The van der Waals surface area contributed by atoms with Crippen molar-refractivity contribution in [2.45, 2.75) is 38.2 Å². The first kappa shape index (κ1) is 13.8. The van der Waals surface area contributed by atoms with Gasteiger partial charge in [-0.3, -0.25) is 24.0 Å². The van der Waals surface area contributed by atoms with Gasteiger partial charge in [0.2, 0.25) is 0 Å². The first-order chi connectivity index (χ1) is 9.02. The van der Waals surface area contributed by atoms with E-state index in [0.717, 1.165) is 0 Å². The van der Waals surface area contributed by atoms with Gasteiger partial charge in [0.25, 0.3) is 11.8 Å². The van der Waals surface area contributed by atoms with Crippen LogP contribution in [0.2, 0.25) is 0 Å². The second-order valence-corrected chi connectivity index (χ2v) is 4.65. The molecule has 2 unspecified atom stereocenters. The molecule has 1 saturated heterocycles. The lowest BCUT2D eigenvalue weighted by Gasteiger charge is -2.19. The van der Waals surface area contributed by atoms with Gasteiger partial charge in [0.05, 0.1) is 0 Å². The lowest BCUT2D eigenvalue weighted by Crippen LogP contribution is -2.37. The summed E-state index contributed by atoms with van der Waals surface area (Å²) < 4.78 is 0. The number of imide groups is 1. The molecular formula is C12H15N2O5. The molecule has 0 spiro atoms. The predicted octanol–water partition coefficient (Wildman–Crippen LogP) is -0.506. The number of amides is 2. The van der Waals surface area contributed by atoms with Gasteiger partial charge in [0.1, 0.15) is 11.9 Å². The van der Waals surface area contributed by atoms with Gasteiger partial charge in [-0.1, -0.05) is 0 Å². The van der Waals surface area contributed by atoms with Gasteiger partial charge in [-0.25, -0.2) is 0 Å². The van der Waals surface area contributed by atoms with E-state index >= 15 is 0 Å². The summed E-state index contributed by atoms with van der Waals surface area (Å²) in [5.41, 5.74) is 5.32. The molecule has 2 rings (SSSR count). The molecule has 0 aromatic carbocycles. The lowest BCUT2D eigenvalue weighted by molar-refractivity contribution is -0.203. The molecule has 19 heavy (non-hydrogen) atoms. The SMILES string of the molecule is N[CH]C1CC(=O)C(ON2C(=O)CCC2=O)CCC1=O. The third-order valence-corrected chi connectivity index (χ3v) is 3.32. The van der Waals surface area contributed by atoms with E-state index in [2.05, 4.69) is 0 Å². The highest BCUT2D eigenvalue weighted by Gasteiger charge is 2.37. The third-order valence-electron chi connectivity index (χ3n) is 3.32. The second kappa shape index (κ2) is 5.58. The zero-order chi connectivity index (χ0) is 14.0. The molecular weight excluding hydrogens is 252 g/mol. The fraction of sp³-hybridized carbons (Fsp3) is 0.583. The number of rotatable bonds is 3. The van der Waals surface area contributed by atoms with Crippen LogP contribution in [0.25, 0.3) is 0 Å². The summed E-state index contributed by atoms with van der Waals surface area (Å²) in [6, 6.07) is 0. The van der Waals surface area contributed by atoms with Crippen molar-refractivity contribution in [2.24, 2.45) is 11.7 Å². The van der Waals surface area contributed by atoms with Crippen LogP contribution in [0, 0.1) is 12.5 Å². The summed E-state index contributed by atoms with van der Waals surface area (Å²) >= 11 is 0. The van der Waals surface area contributed by atoms with E-state index in [-0.39, 0.29) is 43.7 Å². The van der Waals surface area contributed by atoms with Crippen molar-refractivity contribution in [1.29, 1.82) is 0 Å². The molecule has 2 atom stereocenters. The molecule has 2 aliphatic rings. The number of Topliss-reactive ketones (excluding diaryl/α,β-unsaturated/α-hetero) is 2. The number of nitrogens with zero attached hydrogens (tertiary/aromatic N) is 1. The number of hydrogen-bond donors (Lipinski definition) is 1. The predicted molar refractivity (Wildman–Crippen MR) is 61.8 cm³/mol. The number of hydroxylamine groups is 2. The van der Waals surface area contributed by atoms with Crippen LogP contribution in [0.4, 0.5) is 0 Å². The van der Waals surface area contributed by atoms with E-state index in [1.54, 1.807) is 0 Å². The van der Waals surface area contributed by atoms with Crippen molar-refractivity contribution in [2.75, 3.05) is 0 Å². The van der Waals surface area contributed by atoms with Gasteiger partial charge in [0.15, 0.2) is 5.78 Å². The Hall–Kier alpha value is -1.60. The Balaban J connectivity index is 2.04. The minimum atomic E-state index is -0.931. The van der Waals surface area contributed by atoms with E-state index in [9.17, 15) is 19.2 Å². The van der Waals surface area contributed by atoms with Crippen LogP contribution in [0.1, 0.15) is 32.1 Å². The van der Waals surface area contributed by atoms with Crippen molar-refractivity contribution < 1.29 is 24.0 Å². The van der Waals surface area contributed by atoms with Crippen molar-refractivity contribution in [3.63, 3.8) is 0 Å². The summed E-state index contributed by atoms with van der Waals surface area (Å²) in [7, 11) is 0. The molecule has 1 heterocycles. The Morgan fingerprint density at radius 2 is 1.68 bits per heavy atom. The molecule has 2 fully saturated rings. The number of hydrogen-bond acceptors (Lipinski definition) is 6. The van der Waals surface area contributed by atoms with Crippen LogP contribution >= 0.6 is 0 Å². The normalized spacial score (nSPS) is 29.0. The minimum absolute atomic E-state index is 0.0454. The smallest absolute Gasteiger partial charge is 0.254 e. The van der Waals surface area contributed by atoms with E-state index in [1.807, 2.05) is 0 Å². The van der Waals surface area contributed by atoms with E-state index < -0.39 is 23.8 Å². The maximum atomic E-state index is 11.9. The first-order valence-corrected chi connectivity index (χ1v) is 6.16. The molecule has 2 amide bonds. The monoisotopic (exact) mass is 267 g/mol. The Morgan fingerprint density at radius 3 is 2.26 bits per heavy atom. The van der Waals surface area contributed by atoms with Crippen molar-refractivity contribution in [3.05, 3.63) is 6.54 Å². The molecule has 1 radical (unpaired) electrons. The first-order valence-electron chi connectivity index (χ1n) is 6.16. The average Bonchev–Trinajstić information content (AvgIpc) is 2.62. The van der Waals surface area contributed by atoms with Gasteiger partial charge in [-0.2, -0.15) is 5.06 Å². The summed E-state index contributed by atoms with van der Waals surface area (Å²) in [5.74, 6) is -1.94. The maximum Gasteiger partial charge on any atom is 0.254 e. The van der Waals surface area contributed by atoms with Crippen LogP contribution in [-0.2, 0) is 24.0 Å². The molecule has 2 N–H and O–H groups in total. The molecule has 103 valence electrons. The summed E-state index contributed by atoms with van der Waals surface area (Å²) in [6.45, 7) is 1.20. The quantitative estimate of drug-likeness (QED) is 0.545. The topological polar surface area (TPSA) is 107 Å². The van der Waals surface area contributed by atoms with Crippen LogP contribution in [0.3, 0.4) is 0 Å².